The maximum atomic E-state index is 11.5. The van der Waals surface area contributed by atoms with Crippen LogP contribution in [0.4, 0.5) is 0 Å². The predicted molar refractivity (Wildman–Crippen MR) is 76.1 cm³/mol. The summed E-state index contributed by atoms with van der Waals surface area (Å²) in [6, 6.07) is 18.3. The predicted octanol–water partition coefficient (Wildman–Crippen LogP) is 3.14. The second-order valence-corrected chi connectivity index (χ2v) is 5.07. The van der Waals surface area contributed by atoms with Crippen molar-refractivity contribution in [2.75, 3.05) is 7.11 Å². The normalized spacial score (nSPS) is 24.2. The standard InChI is InChI=1S/C17H16O3/c1-17(15(20-17)16(18)19-2)14-10-8-13(9-11-14)12-6-4-3-5-7-12/h3-11,15H,1-2H3. The van der Waals surface area contributed by atoms with Crippen LogP contribution in [0.2, 0.25) is 0 Å². The van der Waals surface area contributed by atoms with Crippen molar-refractivity contribution in [1.29, 1.82) is 0 Å². The van der Waals surface area contributed by atoms with Crippen LogP contribution in [-0.2, 0) is 19.9 Å². The average molecular weight is 268 g/mol. The van der Waals surface area contributed by atoms with E-state index in [9.17, 15) is 4.79 Å². The molecule has 3 heteroatoms. The Kier molecular flexibility index (Phi) is 3.07. The molecule has 0 bridgehead atoms. The Morgan fingerprint density at radius 2 is 1.65 bits per heavy atom. The summed E-state index contributed by atoms with van der Waals surface area (Å²) in [5, 5.41) is 0. The highest BCUT2D eigenvalue weighted by Crippen LogP contribution is 2.46. The van der Waals surface area contributed by atoms with Crippen molar-refractivity contribution in [3.63, 3.8) is 0 Å². The molecule has 0 spiro atoms. The number of esters is 1. The zero-order valence-corrected chi connectivity index (χ0v) is 11.5. The van der Waals surface area contributed by atoms with Gasteiger partial charge in [-0.1, -0.05) is 54.6 Å². The first kappa shape index (κ1) is 12.9. The third-order valence-corrected chi connectivity index (χ3v) is 3.79. The maximum absolute atomic E-state index is 11.5. The van der Waals surface area contributed by atoms with Crippen LogP contribution in [0.3, 0.4) is 0 Å². The second kappa shape index (κ2) is 4.76. The Hall–Kier alpha value is -2.13. The van der Waals surface area contributed by atoms with Crippen LogP contribution >= 0.6 is 0 Å². The van der Waals surface area contributed by atoms with E-state index in [1.54, 1.807) is 0 Å². The first-order valence-corrected chi connectivity index (χ1v) is 6.57. The lowest BCUT2D eigenvalue weighted by Gasteiger charge is -2.08. The molecule has 0 amide bonds. The summed E-state index contributed by atoms with van der Waals surface area (Å²) in [5.41, 5.74) is 2.76. The highest BCUT2D eigenvalue weighted by molar-refractivity contribution is 5.79. The minimum atomic E-state index is -0.553. The minimum Gasteiger partial charge on any atom is -0.467 e. The van der Waals surface area contributed by atoms with Crippen LogP contribution in [0.15, 0.2) is 54.6 Å². The van der Waals surface area contributed by atoms with Gasteiger partial charge in [0, 0.05) is 0 Å². The monoisotopic (exact) mass is 268 g/mol. The number of hydrogen-bond donors (Lipinski definition) is 0. The van der Waals surface area contributed by atoms with Gasteiger partial charge in [-0.05, 0) is 23.6 Å². The van der Waals surface area contributed by atoms with E-state index in [1.165, 1.54) is 12.7 Å². The Bertz CT molecular complexity index is 618. The summed E-state index contributed by atoms with van der Waals surface area (Å²) in [6.07, 6.45) is -0.491. The van der Waals surface area contributed by atoms with E-state index < -0.39 is 11.7 Å². The summed E-state index contributed by atoms with van der Waals surface area (Å²) in [6.45, 7) is 1.91. The largest absolute Gasteiger partial charge is 0.467 e. The van der Waals surface area contributed by atoms with Crippen molar-refractivity contribution < 1.29 is 14.3 Å². The van der Waals surface area contributed by atoms with Crippen LogP contribution in [0.25, 0.3) is 11.1 Å². The zero-order chi connectivity index (χ0) is 14.2. The second-order valence-electron chi connectivity index (χ2n) is 5.07. The molecule has 1 saturated heterocycles. The van der Waals surface area contributed by atoms with Gasteiger partial charge in [0.05, 0.1) is 7.11 Å². The number of ether oxygens (including phenoxy) is 2. The molecule has 102 valence electrons. The first-order chi connectivity index (χ1) is 9.65. The van der Waals surface area contributed by atoms with Crippen molar-refractivity contribution in [3.8, 4) is 11.1 Å². The Morgan fingerprint density at radius 1 is 1.05 bits per heavy atom. The Labute approximate surface area is 118 Å². The molecule has 3 nitrogen and oxygen atoms in total. The van der Waals surface area contributed by atoms with Gasteiger partial charge in [0.2, 0.25) is 0 Å². The number of hydrogen-bond acceptors (Lipinski definition) is 3. The molecular weight excluding hydrogens is 252 g/mol. The quantitative estimate of drug-likeness (QED) is 0.634. The lowest BCUT2D eigenvalue weighted by atomic mass is 9.95. The Morgan fingerprint density at radius 3 is 2.25 bits per heavy atom. The van der Waals surface area contributed by atoms with Gasteiger partial charge in [-0.2, -0.15) is 0 Å². The molecule has 0 N–H and O–H groups in total. The zero-order valence-electron chi connectivity index (χ0n) is 11.5. The first-order valence-electron chi connectivity index (χ1n) is 6.57. The van der Waals surface area contributed by atoms with E-state index in [2.05, 4.69) is 12.1 Å². The van der Waals surface area contributed by atoms with Gasteiger partial charge in [0.15, 0.2) is 6.10 Å². The molecule has 1 heterocycles. The fraction of sp³-hybridized carbons (Fsp3) is 0.235. The number of methoxy groups -OCH3 is 1. The molecule has 2 aromatic rings. The summed E-state index contributed by atoms with van der Waals surface area (Å²) in [5.74, 6) is -0.320. The lowest BCUT2D eigenvalue weighted by Crippen LogP contribution is -2.17. The van der Waals surface area contributed by atoms with Gasteiger partial charge in [-0.25, -0.2) is 4.79 Å². The minimum absolute atomic E-state index is 0.320. The van der Waals surface area contributed by atoms with Gasteiger partial charge >= 0.3 is 5.97 Å². The topological polar surface area (TPSA) is 38.8 Å². The number of rotatable bonds is 3. The summed E-state index contributed by atoms with van der Waals surface area (Å²) in [4.78, 5) is 11.5. The van der Waals surface area contributed by atoms with Crippen molar-refractivity contribution in [3.05, 3.63) is 60.2 Å². The van der Waals surface area contributed by atoms with Gasteiger partial charge in [-0.3, -0.25) is 0 Å². The number of carbonyl (C=O) groups is 1. The molecule has 20 heavy (non-hydrogen) atoms. The lowest BCUT2D eigenvalue weighted by molar-refractivity contribution is -0.142. The number of epoxide rings is 1. The number of carbonyl (C=O) groups excluding carboxylic acids is 1. The SMILES string of the molecule is COC(=O)C1OC1(C)c1ccc(-c2ccccc2)cc1. The van der Waals surface area contributed by atoms with Gasteiger partial charge in [-0.15, -0.1) is 0 Å². The summed E-state index contributed by atoms with van der Waals surface area (Å²) in [7, 11) is 1.38. The molecule has 2 aromatic carbocycles. The highest BCUT2D eigenvalue weighted by atomic mass is 16.6. The molecule has 0 radical (unpaired) electrons. The van der Waals surface area contributed by atoms with E-state index in [-0.39, 0.29) is 5.97 Å². The molecule has 0 aromatic heterocycles. The van der Waals surface area contributed by atoms with Crippen LogP contribution in [-0.4, -0.2) is 19.2 Å². The third-order valence-electron chi connectivity index (χ3n) is 3.79. The summed E-state index contributed by atoms with van der Waals surface area (Å²) < 4.78 is 10.2. The van der Waals surface area contributed by atoms with E-state index in [0.717, 1.165) is 11.1 Å². The Balaban J connectivity index is 1.83. The molecule has 1 aliphatic heterocycles. The molecule has 0 saturated carbocycles. The maximum Gasteiger partial charge on any atom is 0.338 e. The van der Waals surface area contributed by atoms with E-state index in [0.29, 0.717) is 0 Å². The van der Waals surface area contributed by atoms with Gasteiger partial charge in [0.1, 0.15) is 5.60 Å². The van der Waals surface area contributed by atoms with Crippen LogP contribution < -0.4 is 0 Å². The smallest absolute Gasteiger partial charge is 0.338 e. The fourth-order valence-electron chi connectivity index (χ4n) is 2.43. The van der Waals surface area contributed by atoms with Crippen LogP contribution in [0.5, 0.6) is 0 Å². The van der Waals surface area contributed by atoms with Gasteiger partial charge < -0.3 is 9.47 Å². The van der Waals surface area contributed by atoms with E-state index >= 15 is 0 Å². The van der Waals surface area contributed by atoms with E-state index in [1.807, 2.05) is 49.4 Å². The molecule has 1 aliphatic rings. The van der Waals surface area contributed by atoms with E-state index in [4.69, 9.17) is 9.47 Å². The third kappa shape index (κ3) is 2.10. The number of benzene rings is 2. The molecule has 2 atom stereocenters. The van der Waals surface area contributed by atoms with Crippen molar-refractivity contribution in [2.45, 2.75) is 18.6 Å². The van der Waals surface area contributed by atoms with Crippen molar-refractivity contribution in [2.24, 2.45) is 0 Å². The molecule has 3 rings (SSSR count). The van der Waals surface area contributed by atoms with Gasteiger partial charge in [0.25, 0.3) is 0 Å². The average Bonchev–Trinajstić information content (AvgIpc) is 3.21. The molecule has 2 unspecified atom stereocenters. The summed E-state index contributed by atoms with van der Waals surface area (Å²) >= 11 is 0. The van der Waals surface area contributed by atoms with Crippen molar-refractivity contribution in [1.82, 2.24) is 0 Å². The molecule has 1 fully saturated rings. The van der Waals surface area contributed by atoms with Crippen molar-refractivity contribution >= 4 is 5.97 Å². The van der Waals surface area contributed by atoms with Crippen LogP contribution in [0, 0.1) is 0 Å². The van der Waals surface area contributed by atoms with Crippen LogP contribution in [0.1, 0.15) is 12.5 Å². The molecule has 0 aliphatic carbocycles. The fourth-order valence-corrected chi connectivity index (χ4v) is 2.43. The molecular formula is C17H16O3. The highest BCUT2D eigenvalue weighted by Gasteiger charge is 2.59.